The fourth-order valence-corrected chi connectivity index (χ4v) is 11.9. The molecular weight excluding hydrogens is 684 g/mol. The molecular formula is C45H55FN2O6. The van der Waals surface area contributed by atoms with Crippen molar-refractivity contribution in [3.8, 4) is 11.8 Å². The summed E-state index contributed by atoms with van der Waals surface area (Å²) in [6, 6.07) is 12.4. The van der Waals surface area contributed by atoms with Gasteiger partial charge in [-0.2, -0.15) is 0 Å². The second-order valence-corrected chi connectivity index (χ2v) is 17.7. The lowest BCUT2D eigenvalue weighted by atomic mass is 9.42. The summed E-state index contributed by atoms with van der Waals surface area (Å²) in [5.74, 6) is 5.53. The standard InChI is InChI=1S/C45H55FN2O6/c1-25(10-15-39(52)53)32-13-14-33-41-34(22-38(51)44(32,33)5)43(4)18-19-45(54,23-30(43)21-37(41)50)17-16-28-11-12-29(35(46)20-28)24-47-42-31-8-6-7-9-36(31)48-26(2)40(42)27(3)49/h6-9,11-12,20,25,30,32-34,37-38,41,50-51,54H,10,13-15,18-19,21-24H2,1-5H3,(H,47,48)(H,52,53)/t25-,30?,32-,33?,34?,37-,38+,41?,43+,44-,45-/m1/s1. The van der Waals surface area contributed by atoms with Crippen LogP contribution in [0.4, 0.5) is 10.1 Å². The van der Waals surface area contributed by atoms with Gasteiger partial charge in [-0.15, -0.1) is 0 Å². The van der Waals surface area contributed by atoms with Crippen LogP contribution in [0, 0.1) is 70.9 Å². The summed E-state index contributed by atoms with van der Waals surface area (Å²) in [6.45, 7) is 10.0. The number of Topliss-reactive ketones (excluding diaryl/α,β-unsaturated/α-hetero) is 1. The van der Waals surface area contributed by atoms with Crippen molar-refractivity contribution in [3.05, 3.63) is 70.7 Å². The number of para-hydroxylation sites is 1. The van der Waals surface area contributed by atoms with E-state index >= 15 is 4.39 Å². The minimum atomic E-state index is -1.28. The Bertz CT molecular complexity index is 2020. The molecule has 0 amide bonds. The lowest BCUT2D eigenvalue weighted by molar-refractivity contribution is -0.211. The summed E-state index contributed by atoms with van der Waals surface area (Å²) < 4.78 is 15.5. The number of nitrogens with zero attached hydrogens (tertiary/aromatic N) is 1. The third kappa shape index (κ3) is 6.62. The molecule has 9 heteroatoms. The molecule has 4 unspecified atom stereocenters. The number of ketones is 1. The number of aliphatic carboxylic acids is 1. The number of pyridine rings is 1. The zero-order valence-electron chi connectivity index (χ0n) is 32.2. The first kappa shape index (κ1) is 38.4. The topological polar surface area (TPSA) is 140 Å². The van der Waals surface area contributed by atoms with Gasteiger partial charge in [0.1, 0.15) is 11.4 Å². The number of hydrogen-bond acceptors (Lipinski definition) is 7. The summed E-state index contributed by atoms with van der Waals surface area (Å²) in [7, 11) is 0. The number of carboxylic acid groups (broad SMARTS) is 1. The Morgan fingerprint density at radius 1 is 1.07 bits per heavy atom. The number of aliphatic hydroxyl groups excluding tert-OH is 2. The van der Waals surface area contributed by atoms with Crippen molar-refractivity contribution in [1.29, 1.82) is 0 Å². The van der Waals surface area contributed by atoms with Crippen LogP contribution in [0.25, 0.3) is 10.9 Å². The van der Waals surface area contributed by atoms with Crippen LogP contribution in [0.2, 0.25) is 0 Å². The minimum Gasteiger partial charge on any atom is -0.481 e. The lowest BCUT2D eigenvalue weighted by Gasteiger charge is -2.64. The molecule has 0 saturated heterocycles. The minimum absolute atomic E-state index is 0.0167. The van der Waals surface area contributed by atoms with Crippen LogP contribution in [0.5, 0.6) is 0 Å². The van der Waals surface area contributed by atoms with E-state index in [4.69, 9.17) is 0 Å². The monoisotopic (exact) mass is 738 g/mol. The van der Waals surface area contributed by atoms with Gasteiger partial charge >= 0.3 is 5.97 Å². The van der Waals surface area contributed by atoms with Crippen molar-refractivity contribution in [1.82, 2.24) is 4.98 Å². The zero-order valence-corrected chi connectivity index (χ0v) is 32.2. The van der Waals surface area contributed by atoms with E-state index < -0.39 is 29.6 Å². The highest BCUT2D eigenvalue weighted by Gasteiger charge is 2.66. The van der Waals surface area contributed by atoms with Crippen LogP contribution < -0.4 is 5.32 Å². The van der Waals surface area contributed by atoms with Gasteiger partial charge in [-0.05, 0) is 130 Å². The molecule has 4 aliphatic rings. The smallest absolute Gasteiger partial charge is 0.303 e. The number of carbonyl (C=O) groups is 2. The highest BCUT2D eigenvalue weighted by Crippen LogP contribution is 2.69. The molecule has 5 N–H and O–H groups in total. The Morgan fingerprint density at radius 2 is 1.83 bits per heavy atom. The van der Waals surface area contributed by atoms with Gasteiger partial charge in [0.05, 0.1) is 34.7 Å². The molecule has 8 nitrogen and oxygen atoms in total. The highest BCUT2D eigenvalue weighted by atomic mass is 19.1. The van der Waals surface area contributed by atoms with E-state index in [0.29, 0.717) is 60.2 Å². The van der Waals surface area contributed by atoms with E-state index in [9.17, 15) is 30.0 Å². The van der Waals surface area contributed by atoms with Crippen molar-refractivity contribution in [2.45, 2.75) is 117 Å². The van der Waals surface area contributed by atoms with Gasteiger partial charge in [0, 0.05) is 29.5 Å². The number of aromatic nitrogens is 1. The lowest BCUT2D eigenvalue weighted by Crippen LogP contribution is -2.63. The molecule has 1 heterocycles. The number of anilines is 1. The molecule has 4 aliphatic carbocycles. The average Bonchev–Trinajstić information content (AvgIpc) is 3.48. The maximum absolute atomic E-state index is 15.5. The fraction of sp³-hybridized carbons (Fsp3) is 0.578. The maximum atomic E-state index is 15.5. The quantitative estimate of drug-likeness (QED) is 0.117. The summed E-state index contributed by atoms with van der Waals surface area (Å²) in [6.07, 6.45) is 4.24. The zero-order chi connectivity index (χ0) is 38.7. The van der Waals surface area contributed by atoms with E-state index in [1.807, 2.05) is 24.3 Å². The number of carbonyl (C=O) groups excluding carboxylic acids is 1. The molecule has 0 spiro atoms. The Kier molecular flexibility index (Phi) is 10.2. The molecule has 0 aliphatic heterocycles. The Labute approximate surface area is 318 Å². The molecule has 4 fully saturated rings. The molecule has 288 valence electrons. The van der Waals surface area contributed by atoms with E-state index in [0.717, 1.165) is 30.2 Å². The van der Waals surface area contributed by atoms with Crippen LogP contribution in [0.15, 0.2) is 42.5 Å². The molecule has 0 radical (unpaired) electrons. The van der Waals surface area contributed by atoms with Gasteiger partial charge in [-0.3, -0.25) is 14.6 Å². The third-order valence-corrected chi connectivity index (χ3v) is 14.8. The normalized spacial score (nSPS) is 34.9. The van der Waals surface area contributed by atoms with Gasteiger partial charge in [-0.25, -0.2) is 4.39 Å². The van der Waals surface area contributed by atoms with Gasteiger partial charge < -0.3 is 25.7 Å². The number of aliphatic hydroxyl groups is 3. The van der Waals surface area contributed by atoms with Crippen LogP contribution in [-0.2, 0) is 11.3 Å². The predicted octanol–water partition coefficient (Wildman–Crippen LogP) is 7.68. The molecule has 54 heavy (non-hydrogen) atoms. The number of halogens is 1. The van der Waals surface area contributed by atoms with E-state index in [1.54, 1.807) is 19.1 Å². The molecule has 1 aromatic heterocycles. The van der Waals surface area contributed by atoms with E-state index in [-0.39, 0.29) is 65.1 Å². The van der Waals surface area contributed by atoms with E-state index in [1.165, 1.54) is 13.0 Å². The number of aryl methyl sites for hydroxylation is 1. The van der Waals surface area contributed by atoms with Crippen LogP contribution in [0.1, 0.15) is 113 Å². The molecule has 11 atom stereocenters. The first-order valence-electron chi connectivity index (χ1n) is 19.8. The Balaban J connectivity index is 1.05. The summed E-state index contributed by atoms with van der Waals surface area (Å²) in [4.78, 5) is 28.5. The maximum Gasteiger partial charge on any atom is 0.303 e. The fourth-order valence-electron chi connectivity index (χ4n) is 11.9. The molecule has 7 rings (SSSR count). The summed E-state index contributed by atoms with van der Waals surface area (Å²) in [5, 5.41) is 48.9. The van der Waals surface area contributed by atoms with Crippen molar-refractivity contribution < 1.29 is 34.4 Å². The van der Waals surface area contributed by atoms with Crippen molar-refractivity contribution in [2.24, 2.45) is 46.3 Å². The van der Waals surface area contributed by atoms with Crippen molar-refractivity contribution in [2.75, 3.05) is 5.32 Å². The number of rotatable bonds is 8. The second-order valence-electron chi connectivity index (χ2n) is 17.7. The third-order valence-electron chi connectivity index (χ3n) is 14.8. The van der Waals surface area contributed by atoms with E-state index in [2.05, 4.69) is 42.9 Å². The number of fused-ring (bicyclic) bond motifs is 6. The van der Waals surface area contributed by atoms with Crippen LogP contribution in [-0.4, -0.2) is 55.0 Å². The van der Waals surface area contributed by atoms with Crippen LogP contribution >= 0.6 is 0 Å². The van der Waals surface area contributed by atoms with Crippen molar-refractivity contribution in [3.63, 3.8) is 0 Å². The first-order chi connectivity index (χ1) is 25.6. The number of nitrogens with one attached hydrogen (secondary N) is 1. The number of benzene rings is 2. The van der Waals surface area contributed by atoms with Gasteiger partial charge in [0.2, 0.25) is 0 Å². The van der Waals surface area contributed by atoms with Gasteiger partial charge in [-0.1, -0.05) is 56.9 Å². The van der Waals surface area contributed by atoms with Gasteiger partial charge in [0.25, 0.3) is 0 Å². The van der Waals surface area contributed by atoms with Crippen LogP contribution in [0.3, 0.4) is 0 Å². The van der Waals surface area contributed by atoms with Gasteiger partial charge in [0.15, 0.2) is 5.78 Å². The molecule has 0 bridgehead atoms. The number of carboxylic acids is 1. The highest BCUT2D eigenvalue weighted by molar-refractivity contribution is 6.08. The number of hydrogen-bond donors (Lipinski definition) is 5. The molecule has 3 aromatic rings. The Hall–Kier alpha value is -3.84. The average molecular weight is 739 g/mol. The summed E-state index contributed by atoms with van der Waals surface area (Å²) in [5.41, 5.74) is 1.53. The molecule has 2 aromatic carbocycles. The first-order valence-corrected chi connectivity index (χ1v) is 19.8. The SMILES string of the molecule is CC(=O)c1c(C)nc2ccccc2c1NCc1ccc(C#C[C@@]2(O)CC[C@@]3(C)C(C[C@@H](O)C4C3C[C@H](O)[C@@]3(C)C4CC[C@@H]3[C@H](C)CCC(=O)O)C2)cc1F. The summed E-state index contributed by atoms with van der Waals surface area (Å²) >= 11 is 0. The molecule has 4 saturated carbocycles. The Morgan fingerprint density at radius 3 is 2.56 bits per heavy atom. The predicted molar refractivity (Wildman–Crippen MR) is 206 cm³/mol. The largest absolute Gasteiger partial charge is 0.481 e. The second kappa shape index (κ2) is 14.3. The van der Waals surface area contributed by atoms with Crippen molar-refractivity contribution >= 4 is 28.3 Å².